The molecule has 18 heavy (non-hydrogen) atoms. The maximum atomic E-state index is 4.78. The number of nitrogens with zero attached hydrogens (tertiary/aromatic N) is 2. The van der Waals surface area contributed by atoms with Crippen molar-refractivity contribution in [2.75, 3.05) is 11.9 Å². The molecule has 2 aromatic heterocycles. The highest BCUT2D eigenvalue weighted by Gasteiger charge is 2.28. The maximum Gasteiger partial charge on any atom is 0.134 e. The van der Waals surface area contributed by atoms with Gasteiger partial charge in [-0.3, -0.25) is 0 Å². The summed E-state index contributed by atoms with van der Waals surface area (Å²) in [6, 6.07) is 2.13. The van der Waals surface area contributed by atoms with Gasteiger partial charge in [0.15, 0.2) is 0 Å². The summed E-state index contributed by atoms with van der Waals surface area (Å²) < 4.78 is 0. The summed E-state index contributed by atoms with van der Waals surface area (Å²) in [4.78, 5) is 9.45. The molecule has 0 aliphatic heterocycles. The Hall–Kier alpha value is -1.42. The Morgan fingerprint density at radius 2 is 2.22 bits per heavy atom. The second-order valence-electron chi connectivity index (χ2n) is 4.72. The van der Waals surface area contributed by atoms with E-state index >= 15 is 0 Å². The van der Waals surface area contributed by atoms with E-state index in [4.69, 9.17) is 4.98 Å². The second-order valence-corrected chi connectivity index (χ2v) is 5.50. The molecule has 1 N–H and O–H groups in total. The van der Waals surface area contributed by atoms with Crippen LogP contribution >= 0.6 is 11.3 Å². The molecule has 4 heteroatoms. The minimum atomic E-state index is 0.584. The Morgan fingerprint density at radius 3 is 2.83 bits per heavy atom. The van der Waals surface area contributed by atoms with Crippen molar-refractivity contribution in [3.05, 3.63) is 28.2 Å². The standard InChI is InChI=1S/C14H17N3S/c1-3-15-13-9(2)12(11-6-7-18-8-11)16-14(17-13)10-4-5-10/h6-8,10H,3-5H2,1-2H3,(H,15,16,17). The van der Waals surface area contributed by atoms with E-state index in [1.165, 1.54) is 18.4 Å². The summed E-state index contributed by atoms with van der Waals surface area (Å²) in [5.41, 5.74) is 3.45. The van der Waals surface area contributed by atoms with Gasteiger partial charge in [-0.05, 0) is 38.1 Å². The van der Waals surface area contributed by atoms with E-state index in [2.05, 4.69) is 41.0 Å². The predicted octanol–water partition coefficient (Wildman–Crippen LogP) is 3.82. The van der Waals surface area contributed by atoms with Crippen molar-refractivity contribution < 1.29 is 0 Å². The molecule has 0 radical (unpaired) electrons. The van der Waals surface area contributed by atoms with Crippen LogP contribution in [0.1, 0.15) is 37.1 Å². The largest absolute Gasteiger partial charge is 0.370 e. The predicted molar refractivity (Wildman–Crippen MR) is 76.2 cm³/mol. The van der Waals surface area contributed by atoms with E-state index in [0.717, 1.165) is 29.4 Å². The fraction of sp³-hybridized carbons (Fsp3) is 0.429. The van der Waals surface area contributed by atoms with E-state index in [1.54, 1.807) is 11.3 Å². The number of anilines is 1. The van der Waals surface area contributed by atoms with Crippen LogP contribution in [0.2, 0.25) is 0 Å². The first-order chi connectivity index (χ1) is 8.79. The molecule has 1 fully saturated rings. The van der Waals surface area contributed by atoms with Crippen molar-refractivity contribution in [1.82, 2.24) is 9.97 Å². The first-order valence-electron chi connectivity index (χ1n) is 6.44. The van der Waals surface area contributed by atoms with Gasteiger partial charge in [0.1, 0.15) is 11.6 Å². The minimum absolute atomic E-state index is 0.584. The number of nitrogens with one attached hydrogen (secondary N) is 1. The Bertz CT molecular complexity index is 544. The SMILES string of the molecule is CCNc1nc(C2CC2)nc(-c2ccsc2)c1C. The normalized spacial score (nSPS) is 14.8. The van der Waals surface area contributed by atoms with Crippen molar-refractivity contribution in [3.8, 4) is 11.3 Å². The zero-order valence-electron chi connectivity index (χ0n) is 10.7. The summed E-state index contributed by atoms with van der Waals surface area (Å²) in [6.07, 6.45) is 2.47. The molecule has 0 aromatic carbocycles. The highest BCUT2D eigenvalue weighted by Crippen LogP contribution is 2.40. The van der Waals surface area contributed by atoms with E-state index < -0.39 is 0 Å². The lowest BCUT2D eigenvalue weighted by molar-refractivity contribution is 0.919. The zero-order chi connectivity index (χ0) is 12.5. The van der Waals surface area contributed by atoms with Gasteiger partial charge in [-0.2, -0.15) is 11.3 Å². The lowest BCUT2D eigenvalue weighted by atomic mass is 10.1. The van der Waals surface area contributed by atoms with E-state index in [-0.39, 0.29) is 0 Å². The molecule has 0 atom stereocenters. The van der Waals surface area contributed by atoms with Crippen molar-refractivity contribution >= 4 is 17.2 Å². The van der Waals surface area contributed by atoms with E-state index in [0.29, 0.717) is 5.92 Å². The van der Waals surface area contributed by atoms with E-state index in [9.17, 15) is 0 Å². The fourth-order valence-electron chi connectivity index (χ4n) is 2.08. The molecule has 0 spiro atoms. The Kier molecular flexibility index (Phi) is 3.04. The minimum Gasteiger partial charge on any atom is -0.370 e. The molecule has 2 aromatic rings. The lowest BCUT2D eigenvalue weighted by Crippen LogP contribution is -2.07. The lowest BCUT2D eigenvalue weighted by Gasteiger charge is -2.12. The van der Waals surface area contributed by atoms with E-state index in [1.807, 2.05) is 0 Å². The molecule has 3 rings (SSSR count). The molecule has 0 amide bonds. The van der Waals surface area contributed by atoms with Crippen LogP contribution < -0.4 is 5.32 Å². The van der Waals surface area contributed by atoms with Crippen LogP contribution in [-0.2, 0) is 0 Å². The monoisotopic (exact) mass is 259 g/mol. The average molecular weight is 259 g/mol. The van der Waals surface area contributed by atoms with Crippen LogP contribution in [0.3, 0.4) is 0 Å². The highest BCUT2D eigenvalue weighted by molar-refractivity contribution is 7.08. The van der Waals surface area contributed by atoms with Gasteiger partial charge in [0.05, 0.1) is 5.69 Å². The molecule has 0 bridgehead atoms. The Balaban J connectivity index is 2.10. The van der Waals surface area contributed by atoms with Gasteiger partial charge < -0.3 is 5.32 Å². The van der Waals surface area contributed by atoms with Crippen LogP contribution in [0.25, 0.3) is 11.3 Å². The third-order valence-corrected chi connectivity index (χ3v) is 3.93. The van der Waals surface area contributed by atoms with Gasteiger partial charge in [-0.25, -0.2) is 9.97 Å². The maximum absolute atomic E-state index is 4.78. The molecule has 1 saturated carbocycles. The molecule has 0 saturated heterocycles. The summed E-state index contributed by atoms with van der Waals surface area (Å²) in [5.74, 6) is 2.59. The van der Waals surface area contributed by atoms with Crippen LogP contribution in [0.4, 0.5) is 5.82 Å². The van der Waals surface area contributed by atoms with Gasteiger partial charge in [0.2, 0.25) is 0 Å². The summed E-state index contributed by atoms with van der Waals surface area (Å²) in [6.45, 7) is 5.09. The first kappa shape index (κ1) is 11.7. The van der Waals surface area contributed by atoms with Gasteiger partial charge in [-0.1, -0.05) is 0 Å². The number of thiophene rings is 1. The molecule has 1 aliphatic rings. The number of aromatic nitrogens is 2. The topological polar surface area (TPSA) is 37.8 Å². The molecular formula is C14H17N3S. The Labute approximate surface area is 111 Å². The molecule has 94 valence electrons. The van der Waals surface area contributed by atoms with Crippen LogP contribution in [0.5, 0.6) is 0 Å². The number of hydrogen-bond acceptors (Lipinski definition) is 4. The molecular weight excluding hydrogens is 242 g/mol. The van der Waals surface area contributed by atoms with Crippen LogP contribution in [0, 0.1) is 6.92 Å². The molecule has 2 heterocycles. The van der Waals surface area contributed by atoms with Crippen molar-refractivity contribution in [3.63, 3.8) is 0 Å². The molecule has 0 unspecified atom stereocenters. The average Bonchev–Trinajstić information content (AvgIpc) is 3.08. The molecule has 3 nitrogen and oxygen atoms in total. The fourth-order valence-corrected chi connectivity index (χ4v) is 2.72. The van der Waals surface area contributed by atoms with Crippen molar-refractivity contribution in [1.29, 1.82) is 0 Å². The second kappa shape index (κ2) is 4.69. The Morgan fingerprint density at radius 1 is 1.39 bits per heavy atom. The van der Waals surface area contributed by atoms with Crippen LogP contribution in [0.15, 0.2) is 16.8 Å². The smallest absolute Gasteiger partial charge is 0.134 e. The quantitative estimate of drug-likeness (QED) is 0.907. The highest BCUT2D eigenvalue weighted by atomic mass is 32.1. The summed E-state index contributed by atoms with van der Waals surface area (Å²) >= 11 is 1.71. The van der Waals surface area contributed by atoms with Gasteiger partial charge in [0.25, 0.3) is 0 Å². The van der Waals surface area contributed by atoms with Gasteiger partial charge >= 0.3 is 0 Å². The summed E-state index contributed by atoms with van der Waals surface area (Å²) in [7, 11) is 0. The van der Waals surface area contributed by atoms with Crippen LogP contribution in [-0.4, -0.2) is 16.5 Å². The summed E-state index contributed by atoms with van der Waals surface area (Å²) in [5, 5.41) is 7.61. The zero-order valence-corrected chi connectivity index (χ0v) is 11.5. The third kappa shape index (κ3) is 2.12. The third-order valence-electron chi connectivity index (χ3n) is 3.24. The molecule has 1 aliphatic carbocycles. The van der Waals surface area contributed by atoms with Crippen molar-refractivity contribution in [2.24, 2.45) is 0 Å². The van der Waals surface area contributed by atoms with Crippen molar-refractivity contribution in [2.45, 2.75) is 32.6 Å². The first-order valence-corrected chi connectivity index (χ1v) is 7.39. The van der Waals surface area contributed by atoms with Gasteiger partial charge in [0, 0.05) is 29.0 Å². The number of hydrogen-bond donors (Lipinski definition) is 1. The number of rotatable bonds is 4. The van der Waals surface area contributed by atoms with Gasteiger partial charge in [-0.15, -0.1) is 0 Å².